The van der Waals surface area contributed by atoms with Gasteiger partial charge in [0.2, 0.25) is 5.95 Å². The van der Waals surface area contributed by atoms with Crippen LogP contribution in [0.3, 0.4) is 0 Å². The van der Waals surface area contributed by atoms with Crippen LogP contribution in [-0.2, 0) is 0 Å². The first-order valence-electron chi connectivity index (χ1n) is 8.27. The lowest BCUT2D eigenvalue weighted by atomic mass is 10.2. The quantitative estimate of drug-likeness (QED) is 0.482. The summed E-state index contributed by atoms with van der Waals surface area (Å²) >= 11 is 12.1. The van der Waals surface area contributed by atoms with Gasteiger partial charge in [-0.25, -0.2) is 14.6 Å². The molecule has 4 aromatic rings. The number of hydrogen-bond donors (Lipinski definition) is 1. The third-order valence-electron chi connectivity index (χ3n) is 3.97. The van der Waals surface area contributed by atoms with Crippen molar-refractivity contribution in [3.05, 3.63) is 82.7 Å². The van der Waals surface area contributed by atoms with E-state index in [9.17, 15) is 0 Å². The Morgan fingerprint density at radius 1 is 0.963 bits per heavy atom. The molecule has 0 radical (unpaired) electrons. The number of benzene rings is 2. The second-order valence-corrected chi connectivity index (χ2v) is 6.83. The van der Waals surface area contributed by atoms with Gasteiger partial charge in [-0.05, 0) is 43.3 Å². The highest BCUT2D eigenvalue weighted by Crippen LogP contribution is 2.26. The lowest BCUT2D eigenvalue weighted by molar-refractivity contribution is 0.863. The van der Waals surface area contributed by atoms with Crippen molar-refractivity contribution in [2.75, 3.05) is 5.32 Å². The van der Waals surface area contributed by atoms with Crippen molar-refractivity contribution < 1.29 is 0 Å². The first-order valence-corrected chi connectivity index (χ1v) is 9.02. The van der Waals surface area contributed by atoms with E-state index in [-0.39, 0.29) is 0 Å². The number of aromatic nitrogens is 4. The Balaban J connectivity index is 1.66. The fourth-order valence-electron chi connectivity index (χ4n) is 2.75. The van der Waals surface area contributed by atoms with Crippen LogP contribution in [0.15, 0.2) is 67.0 Å². The second kappa shape index (κ2) is 7.39. The van der Waals surface area contributed by atoms with Crippen LogP contribution in [0, 0.1) is 6.92 Å². The van der Waals surface area contributed by atoms with E-state index in [1.54, 1.807) is 24.4 Å². The van der Waals surface area contributed by atoms with Gasteiger partial charge < -0.3 is 5.32 Å². The van der Waals surface area contributed by atoms with E-state index in [1.807, 2.05) is 54.2 Å². The molecule has 0 unspecified atom stereocenters. The molecule has 0 bridgehead atoms. The fourth-order valence-corrected chi connectivity index (χ4v) is 3.27. The van der Waals surface area contributed by atoms with E-state index in [2.05, 4.69) is 20.4 Å². The molecular weight excluding hydrogens is 381 g/mol. The third kappa shape index (κ3) is 3.94. The van der Waals surface area contributed by atoms with Gasteiger partial charge in [0.25, 0.3) is 0 Å². The first kappa shape index (κ1) is 17.5. The molecule has 7 heteroatoms. The van der Waals surface area contributed by atoms with Gasteiger partial charge in [-0.2, -0.15) is 5.10 Å². The minimum Gasteiger partial charge on any atom is -0.324 e. The van der Waals surface area contributed by atoms with Gasteiger partial charge in [0.1, 0.15) is 0 Å². The smallest absolute Gasteiger partial charge is 0.227 e. The number of halogens is 2. The summed E-state index contributed by atoms with van der Waals surface area (Å²) in [5.41, 5.74) is 4.32. The van der Waals surface area contributed by atoms with Gasteiger partial charge in [0.05, 0.1) is 17.1 Å². The fraction of sp³-hybridized carbons (Fsp3) is 0.0500. The van der Waals surface area contributed by atoms with Crippen LogP contribution in [0.2, 0.25) is 10.0 Å². The molecule has 5 nitrogen and oxygen atoms in total. The molecule has 2 heterocycles. The normalized spacial score (nSPS) is 10.8. The maximum Gasteiger partial charge on any atom is 0.227 e. The van der Waals surface area contributed by atoms with Crippen LogP contribution < -0.4 is 5.32 Å². The predicted octanol–water partition coefficient (Wildman–Crippen LogP) is 5.69. The van der Waals surface area contributed by atoms with Crippen molar-refractivity contribution in [2.24, 2.45) is 0 Å². The predicted molar refractivity (Wildman–Crippen MR) is 109 cm³/mol. The van der Waals surface area contributed by atoms with E-state index >= 15 is 0 Å². The zero-order valence-electron chi connectivity index (χ0n) is 14.4. The zero-order valence-corrected chi connectivity index (χ0v) is 15.9. The monoisotopic (exact) mass is 395 g/mol. The van der Waals surface area contributed by atoms with Crippen molar-refractivity contribution in [1.29, 1.82) is 0 Å². The Labute approximate surface area is 166 Å². The average molecular weight is 396 g/mol. The Morgan fingerprint density at radius 3 is 2.44 bits per heavy atom. The summed E-state index contributed by atoms with van der Waals surface area (Å²) in [5, 5.41) is 8.82. The maximum atomic E-state index is 6.05. The molecular formula is C20H15Cl2N5. The Bertz CT molecular complexity index is 1070. The van der Waals surface area contributed by atoms with Crippen molar-refractivity contribution in [3.8, 4) is 16.9 Å². The van der Waals surface area contributed by atoms with Crippen LogP contribution in [-0.4, -0.2) is 19.7 Å². The summed E-state index contributed by atoms with van der Waals surface area (Å²) in [6, 6.07) is 17.0. The van der Waals surface area contributed by atoms with Gasteiger partial charge in [0.15, 0.2) is 0 Å². The SMILES string of the molecule is Cc1nn(-c2ccccc2)cc1-c1ccnc(Nc2cc(Cl)cc(Cl)c2)n1. The van der Waals surface area contributed by atoms with Gasteiger partial charge in [-0.15, -0.1) is 0 Å². The van der Waals surface area contributed by atoms with Crippen molar-refractivity contribution in [2.45, 2.75) is 6.92 Å². The molecule has 0 aliphatic heterocycles. The number of rotatable bonds is 4. The molecule has 0 amide bonds. The summed E-state index contributed by atoms with van der Waals surface area (Å²) in [6.45, 7) is 1.96. The van der Waals surface area contributed by atoms with Gasteiger partial charge >= 0.3 is 0 Å². The lowest BCUT2D eigenvalue weighted by Gasteiger charge is -2.07. The molecule has 0 aliphatic carbocycles. The molecule has 0 aliphatic rings. The van der Waals surface area contributed by atoms with Crippen LogP contribution in [0.25, 0.3) is 16.9 Å². The van der Waals surface area contributed by atoms with E-state index in [4.69, 9.17) is 23.2 Å². The number of anilines is 2. The minimum atomic E-state index is 0.456. The highest BCUT2D eigenvalue weighted by atomic mass is 35.5. The molecule has 134 valence electrons. The molecule has 27 heavy (non-hydrogen) atoms. The minimum absolute atomic E-state index is 0.456. The van der Waals surface area contributed by atoms with Crippen LogP contribution in [0.1, 0.15) is 5.69 Å². The number of hydrogen-bond acceptors (Lipinski definition) is 4. The van der Waals surface area contributed by atoms with Crippen molar-refractivity contribution in [3.63, 3.8) is 0 Å². The average Bonchev–Trinajstić information content (AvgIpc) is 3.04. The van der Waals surface area contributed by atoms with Crippen molar-refractivity contribution >= 4 is 34.8 Å². The Kier molecular flexibility index (Phi) is 4.79. The van der Waals surface area contributed by atoms with Crippen LogP contribution >= 0.6 is 23.2 Å². The number of para-hydroxylation sites is 1. The molecule has 2 aromatic heterocycles. The summed E-state index contributed by atoms with van der Waals surface area (Å²) in [4.78, 5) is 8.88. The topological polar surface area (TPSA) is 55.6 Å². The maximum absolute atomic E-state index is 6.05. The van der Waals surface area contributed by atoms with E-state index < -0.39 is 0 Å². The number of aryl methyl sites for hydroxylation is 1. The lowest BCUT2D eigenvalue weighted by Crippen LogP contribution is -1.98. The molecule has 0 atom stereocenters. The third-order valence-corrected chi connectivity index (χ3v) is 4.41. The molecule has 2 aromatic carbocycles. The molecule has 0 fully saturated rings. The number of nitrogens with zero attached hydrogens (tertiary/aromatic N) is 4. The summed E-state index contributed by atoms with van der Waals surface area (Å²) < 4.78 is 1.84. The summed E-state index contributed by atoms with van der Waals surface area (Å²) in [7, 11) is 0. The molecule has 0 spiro atoms. The van der Waals surface area contributed by atoms with Crippen LogP contribution in [0.5, 0.6) is 0 Å². The van der Waals surface area contributed by atoms with Gasteiger partial charge in [0, 0.05) is 33.7 Å². The standard InChI is InChI=1S/C20H15Cl2N5/c1-13-18(12-27(26-13)17-5-3-2-4-6-17)19-7-8-23-20(25-19)24-16-10-14(21)9-15(22)11-16/h2-12H,1H3,(H,23,24,25). The highest BCUT2D eigenvalue weighted by molar-refractivity contribution is 6.35. The molecule has 0 saturated heterocycles. The highest BCUT2D eigenvalue weighted by Gasteiger charge is 2.11. The summed E-state index contributed by atoms with van der Waals surface area (Å²) in [6.07, 6.45) is 3.67. The molecule has 1 N–H and O–H groups in total. The van der Waals surface area contributed by atoms with Crippen LogP contribution in [0.4, 0.5) is 11.6 Å². The van der Waals surface area contributed by atoms with Crippen molar-refractivity contribution in [1.82, 2.24) is 19.7 Å². The van der Waals surface area contributed by atoms with Gasteiger partial charge in [-0.3, -0.25) is 0 Å². The Hall–Kier alpha value is -2.89. The van der Waals surface area contributed by atoms with E-state index in [1.165, 1.54) is 0 Å². The van der Waals surface area contributed by atoms with E-state index in [0.717, 1.165) is 28.3 Å². The molecule has 0 saturated carbocycles. The van der Waals surface area contributed by atoms with E-state index in [0.29, 0.717) is 16.0 Å². The van der Waals surface area contributed by atoms with Gasteiger partial charge in [-0.1, -0.05) is 41.4 Å². The molecule has 4 rings (SSSR count). The largest absolute Gasteiger partial charge is 0.324 e. The second-order valence-electron chi connectivity index (χ2n) is 5.96. The summed E-state index contributed by atoms with van der Waals surface area (Å²) in [5.74, 6) is 0.456. The first-order chi connectivity index (χ1) is 13.1. The number of nitrogens with one attached hydrogen (secondary N) is 1. The Morgan fingerprint density at radius 2 is 1.70 bits per heavy atom. The zero-order chi connectivity index (χ0) is 18.8.